The number of hydrogen-bond acceptors (Lipinski definition) is 4. The lowest BCUT2D eigenvalue weighted by molar-refractivity contribution is 0.514. The first kappa shape index (κ1) is 13.2. The van der Waals surface area contributed by atoms with Crippen molar-refractivity contribution < 1.29 is 8.42 Å². The van der Waals surface area contributed by atoms with Gasteiger partial charge in [0.25, 0.3) is 0 Å². The molecule has 1 rings (SSSR count). The summed E-state index contributed by atoms with van der Waals surface area (Å²) in [5.74, 6) is 0.893. The highest BCUT2D eigenvalue weighted by Crippen LogP contribution is 2.13. The average molecular weight is 245 g/mol. The van der Waals surface area contributed by atoms with Crippen LogP contribution in [0.1, 0.15) is 19.7 Å². The highest BCUT2D eigenvalue weighted by molar-refractivity contribution is 7.92. The van der Waals surface area contributed by atoms with E-state index in [1.807, 2.05) is 17.8 Å². The summed E-state index contributed by atoms with van der Waals surface area (Å²) in [6, 6.07) is 0. The Bertz CT molecular complexity index is 448. The minimum absolute atomic E-state index is 0.415. The number of hydrogen-bond donors (Lipinski definition) is 1. The predicted molar refractivity (Wildman–Crippen MR) is 63.8 cm³/mol. The van der Waals surface area contributed by atoms with Crippen LogP contribution in [0, 0.1) is 0 Å². The molecule has 1 aromatic rings. The van der Waals surface area contributed by atoms with Gasteiger partial charge >= 0.3 is 0 Å². The summed E-state index contributed by atoms with van der Waals surface area (Å²) in [6.07, 6.45) is 4.84. The van der Waals surface area contributed by atoms with Crippen LogP contribution in [-0.4, -0.2) is 35.5 Å². The summed E-state index contributed by atoms with van der Waals surface area (Å²) in [4.78, 5) is 4.15. The molecule has 0 radical (unpaired) electrons. The molecule has 0 aliphatic rings. The first-order valence-electron chi connectivity index (χ1n) is 5.10. The summed E-state index contributed by atoms with van der Waals surface area (Å²) in [5.41, 5.74) is 0. The molecule has 92 valence electrons. The van der Waals surface area contributed by atoms with Crippen LogP contribution in [0.5, 0.6) is 0 Å². The summed E-state index contributed by atoms with van der Waals surface area (Å²) >= 11 is 0. The van der Waals surface area contributed by atoms with E-state index in [4.69, 9.17) is 0 Å². The van der Waals surface area contributed by atoms with Gasteiger partial charge in [0, 0.05) is 32.2 Å². The van der Waals surface area contributed by atoms with E-state index in [1.165, 1.54) is 6.26 Å². The van der Waals surface area contributed by atoms with E-state index in [2.05, 4.69) is 10.3 Å². The van der Waals surface area contributed by atoms with Crippen molar-refractivity contribution in [2.24, 2.45) is 7.05 Å². The molecular weight excluding hydrogens is 226 g/mol. The third-order valence-electron chi connectivity index (χ3n) is 2.76. The van der Waals surface area contributed by atoms with Gasteiger partial charge in [-0.1, -0.05) is 0 Å². The molecule has 1 aromatic heterocycles. The maximum atomic E-state index is 11.5. The number of nitrogens with one attached hydrogen (secondary N) is 1. The maximum Gasteiger partial charge on any atom is 0.153 e. The molecule has 0 aliphatic heterocycles. The predicted octanol–water partition coefficient (Wildman–Crippen LogP) is 0.333. The lowest BCUT2D eigenvalue weighted by atomic mass is 10.2. The van der Waals surface area contributed by atoms with Crippen molar-refractivity contribution in [1.82, 2.24) is 14.9 Å². The van der Waals surface area contributed by atoms with Gasteiger partial charge in [-0.15, -0.1) is 0 Å². The number of imidazole rings is 1. The Morgan fingerprint density at radius 2 is 2.12 bits per heavy atom. The van der Waals surface area contributed by atoms with Gasteiger partial charge in [-0.05, 0) is 13.8 Å². The van der Waals surface area contributed by atoms with Gasteiger partial charge in [-0.3, -0.25) is 0 Å². The zero-order chi connectivity index (χ0) is 12.4. The molecule has 6 heteroatoms. The molecule has 0 bridgehead atoms. The highest BCUT2D eigenvalue weighted by Gasteiger charge is 2.29. The largest absolute Gasteiger partial charge is 0.337 e. The van der Waals surface area contributed by atoms with Crippen LogP contribution in [0.4, 0.5) is 0 Å². The minimum Gasteiger partial charge on any atom is -0.337 e. The summed E-state index contributed by atoms with van der Waals surface area (Å²) in [6.45, 7) is 4.42. The fourth-order valence-electron chi connectivity index (χ4n) is 1.17. The monoisotopic (exact) mass is 245 g/mol. The van der Waals surface area contributed by atoms with Gasteiger partial charge in [0.15, 0.2) is 9.84 Å². The van der Waals surface area contributed by atoms with Crippen LogP contribution in [0.2, 0.25) is 0 Å². The molecule has 0 amide bonds. The Balaban J connectivity index is 2.51. The van der Waals surface area contributed by atoms with Crippen LogP contribution in [-0.2, 0) is 23.4 Å². The van der Waals surface area contributed by atoms with Crippen LogP contribution < -0.4 is 5.32 Å². The third kappa shape index (κ3) is 3.05. The van der Waals surface area contributed by atoms with Crippen molar-refractivity contribution in [1.29, 1.82) is 0 Å². The first-order chi connectivity index (χ1) is 7.24. The number of aromatic nitrogens is 2. The van der Waals surface area contributed by atoms with Gasteiger partial charge in [0.2, 0.25) is 0 Å². The van der Waals surface area contributed by atoms with Gasteiger partial charge in [0.05, 0.1) is 11.3 Å². The number of aryl methyl sites for hydroxylation is 1. The molecule has 0 atom stereocenters. The summed E-state index contributed by atoms with van der Waals surface area (Å²) in [5, 5.41) is 3.11. The van der Waals surface area contributed by atoms with Crippen LogP contribution >= 0.6 is 0 Å². The lowest BCUT2D eigenvalue weighted by Crippen LogP contribution is -2.41. The van der Waals surface area contributed by atoms with E-state index in [-0.39, 0.29) is 0 Å². The smallest absolute Gasteiger partial charge is 0.153 e. The fourth-order valence-corrected chi connectivity index (χ4v) is 1.54. The second kappa shape index (κ2) is 4.55. The number of rotatable bonds is 5. The second-order valence-corrected chi connectivity index (χ2v) is 7.24. The molecule has 0 unspecified atom stereocenters. The molecule has 0 spiro atoms. The Labute approximate surface area is 96.8 Å². The van der Waals surface area contributed by atoms with Crippen molar-refractivity contribution in [2.45, 2.75) is 25.1 Å². The Morgan fingerprint density at radius 3 is 2.56 bits per heavy atom. The Morgan fingerprint density at radius 1 is 1.50 bits per heavy atom. The molecule has 0 fully saturated rings. The van der Waals surface area contributed by atoms with Crippen molar-refractivity contribution >= 4 is 9.84 Å². The van der Waals surface area contributed by atoms with Crippen LogP contribution in [0.3, 0.4) is 0 Å². The van der Waals surface area contributed by atoms with E-state index in [0.717, 1.165) is 5.82 Å². The van der Waals surface area contributed by atoms with Crippen molar-refractivity contribution in [3.05, 3.63) is 18.2 Å². The standard InChI is InChI=1S/C10H19N3O2S/c1-10(2,16(4,14)15)8-11-7-9-12-5-6-13(9)3/h5-6,11H,7-8H2,1-4H3. The van der Waals surface area contributed by atoms with E-state index in [0.29, 0.717) is 13.1 Å². The molecule has 0 saturated carbocycles. The molecule has 16 heavy (non-hydrogen) atoms. The molecule has 1 N–H and O–H groups in total. The third-order valence-corrected chi connectivity index (χ3v) is 4.91. The highest BCUT2D eigenvalue weighted by atomic mass is 32.2. The molecule has 5 nitrogen and oxygen atoms in total. The molecule has 1 heterocycles. The molecule has 0 saturated heterocycles. The number of sulfone groups is 1. The van der Waals surface area contributed by atoms with E-state index in [1.54, 1.807) is 20.0 Å². The zero-order valence-electron chi connectivity index (χ0n) is 10.2. The van der Waals surface area contributed by atoms with Crippen LogP contribution in [0.15, 0.2) is 12.4 Å². The molecule has 0 aliphatic carbocycles. The van der Waals surface area contributed by atoms with E-state index in [9.17, 15) is 8.42 Å². The van der Waals surface area contributed by atoms with Crippen molar-refractivity contribution in [3.8, 4) is 0 Å². The van der Waals surface area contributed by atoms with Gasteiger partial charge in [-0.2, -0.15) is 0 Å². The maximum absolute atomic E-state index is 11.5. The Hall–Kier alpha value is -0.880. The normalized spacial score (nSPS) is 13.0. The van der Waals surface area contributed by atoms with Crippen LogP contribution in [0.25, 0.3) is 0 Å². The minimum atomic E-state index is -3.04. The number of nitrogens with zero attached hydrogens (tertiary/aromatic N) is 2. The SMILES string of the molecule is Cn1ccnc1CNCC(C)(C)S(C)(=O)=O. The Kier molecular flexibility index (Phi) is 3.75. The average Bonchev–Trinajstić information content (AvgIpc) is 2.49. The zero-order valence-corrected chi connectivity index (χ0v) is 11.0. The topological polar surface area (TPSA) is 64.0 Å². The van der Waals surface area contributed by atoms with Gasteiger partial charge in [0.1, 0.15) is 5.82 Å². The second-order valence-electron chi connectivity index (χ2n) is 4.59. The summed E-state index contributed by atoms with van der Waals surface area (Å²) in [7, 11) is -1.13. The molecular formula is C10H19N3O2S. The quantitative estimate of drug-likeness (QED) is 0.812. The first-order valence-corrected chi connectivity index (χ1v) is 7.00. The summed E-state index contributed by atoms with van der Waals surface area (Å²) < 4.78 is 24.1. The molecule has 0 aromatic carbocycles. The van der Waals surface area contributed by atoms with E-state index < -0.39 is 14.6 Å². The van der Waals surface area contributed by atoms with Gasteiger partial charge < -0.3 is 9.88 Å². The van der Waals surface area contributed by atoms with Crippen molar-refractivity contribution in [2.75, 3.05) is 12.8 Å². The fraction of sp³-hybridized carbons (Fsp3) is 0.700. The van der Waals surface area contributed by atoms with E-state index >= 15 is 0 Å². The van der Waals surface area contributed by atoms with Gasteiger partial charge in [-0.25, -0.2) is 13.4 Å². The van der Waals surface area contributed by atoms with Crippen molar-refractivity contribution in [3.63, 3.8) is 0 Å². The lowest BCUT2D eigenvalue weighted by Gasteiger charge is -2.22.